The van der Waals surface area contributed by atoms with Crippen LogP contribution in [0.3, 0.4) is 0 Å². The lowest BCUT2D eigenvalue weighted by atomic mass is 10.2. The molecule has 0 radical (unpaired) electrons. The number of carbonyl (C=O) groups is 1. The third-order valence-corrected chi connectivity index (χ3v) is 3.85. The molecule has 82 valence electrons. The first-order valence-corrected chi connectivity index (χ1v) is 6.20. The molecule has 2 aromatic rings. The topological polar surface area (TPSA) is 50.2 Å². The zero-order valence-electron chi connectivity index (χ0n) is 8.40. The Morgan fingerprint density at radius 3 is 2.75 bits per heavy atom. The van der Waals surface area contributed by atoms with Crippen LogP contribution in [0.4, 0.5) is 0 Å². The lowest BCUT2D eigenvalue weighted by Crippen LogP contribution is -2.01. The molecule has 3 nitrogen and oxygen atoms in total. The van der Waals surface area contributed by atoms with Crippen molar-refractivity contribution in [3.8, 4) is 10.6 Å². The highest BCUT2D eigenvalue weighted by Gasteiger charge is 2.10. The minimum Gasteiger partial charge on any atom is -0.478 e. The summed E-state index contributed by atoms with van der Waals surface area (Å²) in [6, 6.07) is 5.29. The van der Waals surface area contributed by atoms with E-state index in [1.165, 1.54) is 0 Å². The third kappa shape index (κ3) is 2.15. The number of pyridine rings is 1. The molecule has 0 amide bonds. The van der Waals surface area contributed by atoms with E-state index in [4.69, 9.17) is 5.11 Å². The molecule has 0 aliphatic heterocycles. The number of carboxylic acid groups (broad SMARTS) is 1. The number of hydrogen-bond acceptors (Lipinski definition) is 3. The maximum absolute atomic E-state index is 10.8. The Morgan fingerprint density at radius 1 is 1.50 bits per heavy atom. The SMILES string of the molecule is Cc1nc(-c2cc(Br)cs2)ccc1C(=O)O. The monoisotopic (exact) mass is 297 g/mol. The lowest BCUT2D eigenvalue weighted by Gasteiger charge is -2.02. The molecule has 0 saturated carbocycles. The van der Waals surface area contributed by atoms with Gasteiger partial charge in [0.25, 0.3) is 0 Å². The summed E-state index contributed by atoms with van der Waals surface area (Å²) in [4.78, 5) is 16.1. The highest BCUT2D eigenvalue weighted by Crippen LogP contribution is 2.29. The second-order valence-electron chi connectivity index (χ2n) is 3.26. The number of aromatic carboxylic acids is 1. The Hall–Kier alpha value is -1.20. The largest absolute Gasteiger partial charge is 0.478 e. The Morgan fingerprint density at radius 2 is 2.25 bits per heavy atom. The minimum absolute atomic E-state index is 0.249. The van der Waals surface area contributed by atoms with Gasteiger partial charge in [-0.1, -0.05) is 0 Å². The van der Waals surface area contributed by atoms with Crippen molar-refractivity contribution in [1.82, 2.24) is 4.98 Å². The van der Waals surface area contributed by atoms with Crippen molar-refractivity contribution in [2.75, 3.05) is 0 Å². The van der Waals surface area contributed by atoms with Gasteiger partial charge in [0.15, 0.2) is 0 Å². The second kappa shape index (κ2) is 4.35. The van der Waals surface area contributed by atoms with Gasteiger partial charge in [0.1, 0.15) is 0 Å². The molecule has 16 heavy (non-hydrogen) atoms. The minimum atomic E-state index is -0.941. The van der Waals surface area contributed by atoms with Crippen LogP contribution < -0.4 is 0 Å². The fraction of sp³-hybridized carbons (Fsp3) is 0.0909. The van der Waals surface area contributed by atoms with Gasteiger partial charge in [-0.15, -0.1) is 11.3 Å². The number of aromatic nitrogens is 1. The van der Waals surface area contributed by atoms with Crippen molar-refractivity contribution in [1.29, 1.82) is 0 Å². The summed E-state index contributed by atoms with van der Waals surface area (Å²) in [5.41, 5.74) is 1.59. The molecule has 2 rings (SSSR count). The quantitative estimate of drug-likeness (QED) is 0.922. The highest BCUT2D eigenvalue weighted by atomic mass is 79.9. The summed E-state index contributed by atoms with van der Waals surface area (Å²) in [6.07, 6.45) is 0. The van der Waals surface area contributed by atoms with Gasteiger partial charge in [-0.3, -0.25) is 4.98 Å². The Labute approximate surface area is 105 Å². The number of aryl methyl sites for hydroxylation is 1. The lowest BCUT2D eigenvalue weighted by molar-refractivity contribution is 0.0695. The first kappa shape index (κ1) is 11.3. The predicted molar refractivity (Wildman–Crippen MR) is 66.9 cm³/mol. The Balaban J connectivity index is 2.45. The standard InChI is InChI=1S/C11H8BrNO2S/c1-6-8(11(14)15)2-3-9(13-6)10-4-7(12)5-16-10/h2-5H,1H3,(H,14,15). The first-order chi connectivity index (χ1) is 7.58. The van der Waals surface area contributed by atoms with Crippen LogP contribution in [0, 0.1) is 6.92 Å². The van der Waals surface area contributed by atoms with Crippen LogP contribution in [0.1, 0.15) is 16.1 Å². The van der Waals surface area contributed by atoms with Crippen molar-refractivity contribution in [3.05, 3.63) is 39.3 Å². The van der Waals surface area contributed by atoms with Gasteiger partial charge in [-0.2, -0.15) is 0 Å². The molecule has 5 heteroatoms. The fourth-order valence-electron chi connectivity index (χ4n) is 1.37. The average molecular weight is 298 g/mol. The Kier molecular flexibility index (Phi) is 3.07. The van der Waals surface area contributed by atoms with Crippen molar-refractivity contribution in [2.24, 2.45) is 0 Å². The van der Waals surface area contributed by atoms with Crippen LogP contribution >= 0.6 is 27.3 Å². The van der Waals surface area contributed by atoms with Crippen LogP contribution in [-0.4, -0.2) is 16.1 Å². The van der Waals surface area contributed by atoms with Gasteiger partial charge in [-0.05, 0) is 41.1 Å². The van der Waals surface area contributed by atoms with Crippen molar-refractivity contribution in [3.63, 3.8) is 0 Å². The van der Waals surface area contributed by atoms with Crippen molar-refractivity contribution < 1.29 is 9.90 Å². The molecule has 0 atom stereocenters. The number of hydrogen-bond donors (Lipinski definition) is 1. The van der Waals surface area contributed by atoms with E-state index in [1.807, 2.05) is 11.4 Å². The van der Waals surface area contributed by atoms with Gasteiger partial charge in [0.2, 0.25) is 0 Å². The zero-order valence-corrected chi connectivity index (χ0v) is 10.8. The van der Waals surface area contributed by atoms with Crippen molar-refractivity contribution >= 4 is 33.2 Å². The molecule has 1 N–H and O–H groups in total. The molecule has 0 spiro atoms. The van der Waals surface area contributed by atoms with E-state index in [2.05, 4.69) is 20.9 Å². The molecule has 0 aliphatic carbocycles. The van der Waals surface area contributed by atoms with E-state index >= 15 is 0 Å². The summed E-state index contributed by atoms with van der Waals surface area (Å²) in [7, 11) is 0. The molecule has 2 aromatic heterocycles. The van der Waals surface area contributed by atoms with Crippen molar-refractivity contribution in [2.45, 2.75) is 6.92 Å². The van der Waals surface area contributed by atoms with E-state index in [9.17, 15) is 4.79 Å². The molecule has 0 aromatic carbocycles. The third-order valence-electron chi connectivity index (χ3n) is 2.14. The van der Waals surface area contributed by atoms with Crippen LogP contribution in [0.15, 0.2) is 28.1 Å². The maximum Gasteiger partial charge on any atom is 0.337 e. The van der Waals surface area contributed by atoms with Crippen LogP contribution in [0.5, 0.6) is 0 Å². The average Bonchev–Trinajstić information content (AvgIpc) is 2.64. The Bertz CT molecular complexity index is 551. The highest BCUT2D eigenvalue weighted by molar-refractivity contribution is 9.10. The number of thiophene rings is 1. The summed E-state index contributed by atoms with van der Waals surface area (Å²) >= 11 is 4.94. The summed E-state index contributed by atoms with van der Waals surface area (Å²) in [5.74, 6) is -0.941. The van der Waals surface area contributed by atoms with Crippen LogP contribution in [-0.2, 0) is 0 Å². The predicted octanol–water partition coefficient (Wildman–Crippen LogP) is 3.58. The number of rotatable bonds is 2. The summed E-state index contributed by atoms with van der Waals surface area (Å²) < 4.78 is 1.01. The van der Waals surface area contributed by atoms with Crippen LogP contribution in [0.2, 0.25) is 0 Å². The zero-order chi connectivity index (χ0) is 11.7. The smallest absolute Gasteiger partial charge is 0.337 e. The van der Waals surface area contributed by atoms with Gasteiger partial charge in [0.05, 0.1) is 21.8 Å². The summed E-state index contributed by atoms with van der Waals surface area (Å²) in [5, 5.41) is 10.9. The van der Waals surface area contributed by atoms with E-state index in [0.29, 0.717) is 5.69 Å². The van der Waals surface area contributed by atoms with E-state index in [-0.39, 0.29) is 5.56 Å². The second-order valence-corrected chi connectivity index (χ2v) is 5.09. The van der Waals surface area contributed by atoms with Crippen LogP contribution in [0.25, 0.3) is 10.6 Å². The van der Waals surface area contributed by atoms with Gasteiger partial charge in [-0.25, -0.2) is 4.79 Å². The molecule has 0 bridgehead atoms. The first-order valence-electron chi connectivity index (χ1n) is 4.53. The number of halogens is 1. The van der Waals surface area contributed by atoms with Gasteiger partial charge in [0, 0.05) is 9.85 Å². The molecular weight excluding hydrogens is 290 g/mol. The van der Waals surface area contributed by atoms with Gasteiger partial charge < -0.3 is 5.11 Å². The molecular formula is C11H8BrNO2S. The number of nitrogens with zero attached hydrogens (tertiary/aromatic N) is 1. The molecule has 0 unspecified atom stereocenters. The molecule has 0 aliphatic rings. The normalized spacial score (nSPS) is 10.4. The maximum atomic E-state index is 10.8. The molecule has 0 fully saturated rings. The number of carboxylic acids is 1. The van der Waals surface area contributed by atoms with E-state index in [1.54, 1.807) is 30.4 Å². The molecule has 2 heterocycles. The van der Waals surface area contributed by atoms with E-state index < -0.39 is 5.97 Å². The van der Waals surface area contributed by atoms with E-state index in [0.717, 1.165) is 15.0 Å². The van der Waals surface area contributed by atoms with Gasteiger partial charge >= 0.3 is 5.97 Å². The molecule has 0 saturated heterocycles. The fourth-order valence-corrected chi connectivity index (χ4v) is 2.77. The summed E-state index contributed by atoms with van der Waals surface area (Å²) in [6.45, 7) is 1.70.